The number of nitrogens with zero attached hydrogens (tertiary/aromatic N) is 1. The van der Waals surface area contributed by atoms with Gasteiger partial charge >= 0.3 is 0 Å². The Morgan fingerprint density at radius 1 is 1.24 bits per heavy atom. The number of hydrogen-bond acceptors (Lipinski definition) is 3. The van der Waals surface area contributed by atoms with E-state index in [0.717, 1.165) is 16.0 Å². The van der Waals surface area contributed by atoms with Crippen molar-refractivity contribution in [2.24, 2.45) is 0 Å². The van der Waals surface area contributed by atoms with Gasteiger partial charge in [0.15, 0.2) is 0 Å². The van der Waals surface area contributed by atoms with Crippen LogP contribution in [0.4, 0.5) is 0 Å². The van der Waals surface area contributed by atoms with E-state index >= 15 is 0 Å². The van der Waals surface area contributed by atoms with Gasteiger partial charge in [-0.15, -0.1) is 11.8 Å². The topological polar surface area (TPSA) is 22.1 Å². The minimum Gasteiger partial charge on any atom is -0.497 e. The molecule has 0 spiro atoms. The summed E-state index contributed by atoms with van der Waals surface area (Å²) in [4.78, 5) is 5.25. The van der Waals surface area contributed by atoms with Gasteiger partial charge < -0.3 is 4.74 Å². The lowest BCUT2D eigenvalue weighted by Crippen LogP contribution is -1.85. The van der Waals surface area contributed by atoms with Crippen LogP contribution in [-0.4, -0.2) is 12.1 Å². The van der Waals surface area contributed by atoms with Crippen molar-refractivity contribution >= 4 is 27.7 Å². The molecule has 0 saturated heterocycles. The first kappa shape index (κ1) is 12.5. The molecular weight excluding hydrogens is 298 g/mol. The molecule has 0 amide bonds. The Hall–Kier alpha value is -1.00. The minimum absolute atomic E-state index is 0.892. The average molecular weight is 310 g/mol. The van der Waals surface area contributed by atoms with Crippen molar-refractivity contribution in [3.63, 3.8) is 0 Å². The number of thioether (sulfide) groups is 1. The van der Waals surface area contributed by atoms with Gasteiger partial charge in [-0.25, -0.2) is 0 Å². The van der Waals surface area contributed by atoms with Crippen LogP contribution in [0.5, 0.6) is 5.75 Å². The number of benzene rings is 1. The number of pyridine rings is 1. The molecule has 0 radical (unpaired) electrons. The van der Waals surface area contributed by atoms with E-state index in [4.69, 9.17) is 4.74 Å². The van der Waals surface area contributed by atoms with E-state index in [1.54, 1.807) is 25.1 Å². The van der Waals surface area contributed by atoms with E-state index in [0.29, 0.717) is 0 Å². The van der Waals surface area contributed by atoms with Crippen LogP contribution in [0.3, 0.4) is 0 Å². The first-order chi connectivity index (χ1) is 8.29. The SMILES string of the molecule is COc1ccc(CSc2ccncc2Br)cc1. The Balaban J connectivity index is 2.00. The summed E-state index contributed by atoms with van der Waals surface area (Å²) in [6, 6.07) is 10.1. The van der Waals surface area contributed by atoms with Gasteiger partial charge in [0.2, 0.25) is 0 Å². The molecule has 2 rings (SSSR count). The highest BCUT2D eigenvalue weighted by atomic mass is 79.9. The summed E-state index contributed by atoms with van der Waals surface area (Å²) in [6.07, 6.45) is 3.62. The Morgan fingerprint density at radius 2 is 2.00 bits per heavy atom. The number of rotatable bonds is 4. The highest BCUT2D eigenvalue weighted by Gasteiger charge is 2.01. The fourth-order valence-electron chi connectivity index (χ4n) is 1.36. The fraction of sp³-hybridized carbons (Fsp3) is 0.154. The Labute approximate surface area is 114 Å². The number of methoxy groups -OCH3 is 1. The van der Waals surface area contributed by atoms with Crippen molar-refractivity contribution in [1.82, 2.24) is 4.98 Å². The van der Waals surface area contributed by atoms with Crippen molar-refractivity contribution in [2.75, 3.05) is 7.11 Å². The third kappa shape index (κ3) is 3.48. The standard InChI is InChI=1S/C13H12BrNOS/c1-16-11-4-2-10(3-5-11)9-17-13-6-7-15-8-12(13)14/h2-8H,9H2,1H3. The first-order valence-electron chi connectivity index (χ1n) is 5.15. The fourth-order valence-corrected chi connectivity index (χ4v) is 2.82. The van der Waals surface area contributed by atoms with Gasteiger partial charge in [-0.3, -0.25) is 4.98 Å². The molecule has 0 saturated carbocycles. The quantitative estimate of drug-likeness (QED) is 0.792. The van der Waals surface area contributed by atoms with Gasteiger partial charge in [0.1, 0.15) is 5.75 Å². The zero-order chi connectivity index (χ0) is 12.1. The lowest BCUT2D eigenvalue weighted by atomic mass is 10.2. The Morgan fingerprint density at radius 3 is 2.65 bits per heavy atom. The predicted molar refractivity (Wildman–Crippen MR) is 74.5 cm³/mol. The third-order valence-electron chi connectivity index (χ3n) is 2.29. The molecule has 0 unspecified atom stereocenters. The second-order valence-corrected chi connectivity index (χ2v) is 5.31. The largest absolute Gasteiger partial charge is 0.497 e. The van der Waals surface area contributed by atoms with E-state index in [9.17, 15) is 0 Å². The summed E-state index contributed by atoms with van der Waals surface area (Å²) in [5, 5.41) is 0. The van der Waals surface area contributed by atoms with Crippen LogP contribution in [0.15, 0.2) is 52.1 Å². The normalized spacial score (nSPS) is 10.2. The van der Waals surface area contributed by atoms with Crippen molar-refractivity contribution in [3.05, 3.63) is 52.8 Å². The Kier molecular flexibility index (Phi) is 4.45. The lowest BCUT2D eigenvalue weighted by molar-refractivity contribution is 0.414. The van der Waals surface area contributed by atoms with Crippen molar-refractivity contribution in [2.45, 2.75) is 10.6 Å². The molecule has 0 aliphatic carbocycles. The molecule has 2 nitrogen and oxygen atoms in total. The minimum atomic E-state index is 0.892. The molecule has 1 aromatic carbocycles. The van der Waals surface area contributed by atoms with Gasteiger partial charge in [-0.1, -0.05) is 12.1 Å². The van der Waals surface area contributed by atoms with Gasteiger partial charge in [-0.05, 0) is 39.7 Å². The maximum atomic E-state index is 5.13. The number of halogens is 1. The van der Waals surface area contributed by atoms with E-state index in [2.05, 4.69) is 33.0 Å². The van der Waals surface area contributed by atoms with Gasteiger partial charge in [0, 0.05) is 27.5 Å². The lowest BCUT2D eigenvalue weighted by Gasteiger charge is -2.05. The van der Waals surface area contributed by atoms with Gasteiger partial charge in [-0.2, -0.15) is 0 Å². The summed E-state index contributed by atoms with van der Waals surface area (Å²) in [5.41, 5.74) is 1.28. The van der Waals surface area contributed by atoms with E-state index < -0.39 is 0 Å². The van der Waals surface area contributed by atoms with Crippen molar-refractivity contribution in [3.8, 4) is 5.75 Å². The van der Waals surface area contributed by atoms with Gasteiger partial charge in [0.05, 0.1) is 7.11 Å². The second kappa shape index (κ2) is 6.07. The van der Waals surface area contributed by atoms with Crippen LogP contribution in [0, 0.1) is 0 Å². The summed E-state index contributed by atoms with van der Waals surface area (Å²) in [7, 11) is 1.68. The van der Waals surface area contributed by atoms with E-state index in [-0.39, 0.29) is 0 Å². The molecule has 0 fully saturated rings. The zero-order valence-corrected chi connectivity index (χ0v) is 11.8. The summed E-state index contributed by atoms with van der Waals surface area (Å²) in [6.45, 7) is 0. The molecule has 88 valence electrons. The maximum absolute atomic E-state index is 5.13. The molecule has 1 aromatic heterocycles. The Bertz CT molecular complexity index is 487. The highest BCUT2D eigenvalue weighted by Crippen LogP contribution is 2.29. The number of ether oxygens (including phenoxy) is 1. The second-order valence-electron chi connectivity index (χ2n) is 3.44. The molecule has 4 heteroatoms. The molecule has 0 bridgehead atoms. The maximum Gasteiger partial charge on any atom is 0.118 e. The van der Waals surface area contributed by atoms with E-state index in [1.165, 1.54) is 10.5 Å². The van der Waals surface area contributed by atoms with Crippen LogP contribution in [-0.2, 0) is 5.75 Å². The summed E-state index contributed by atoms with van der Waals surface area (Å²) >= 11 is 5.28. The third-order valence-corrected chi connectivity index (χ3v) is 4.33. The van der Waals surface area contributed by atoms with Crippen LogP contribution in [0.2, 0.25) is 0 Å². The summed E-state index contributed by atoms with van der Waals surface area (Å²) in [5.74, 6) is 1.83. The monoisotopic (exact) mass is 309 g/mol. The molecule has 2 aromatic rings. The predicted octanol–water partition coefficient (Wildman–Crippen LogP) is 4.15. The smallest absolute Gasteiger partial charge is 0.118 e. The average Bonchev–Trinajstić information content (AvgIpc) is 2.38. The zero-order valence-electron chi connectivity index (χ0n) is 9.39. The molecule has 0 aliphatic rings. The van der Waals surface area contributed by atoms with Crippen LogP contribution < -0.4 is 4.74 Å². The summed E-state index contributed by atoms with van der Waals surface area (Å²) < 4.78 is 6.17. The van der Waals surface area contributed by atoms with Crippen LogP contribution >= 0.6 is 27.7 Å². The molecule has 17 heavy (non-hydrogen) atoms. The number of hydrogen-bond donors (Lipinski definition) is 0. The molecule has 0 aliphatic heterocycles. The van der Waals surface area contributed by atoms with Crippen molar-refractivity contribution < 1.29 is 4.74 Å². The van der Waals surface area contributed by atoms with Gasteiger partial charge in [0.25, 0.3) is 0 Å². The molecular formula is C13H12BrNOS. The molecule has 0 atom stereocenters. The van der Waals surface area contributed by atoms with Crippen LogP contribution in [0.25, 0.3) is 0 Å². The highest BCUT2D eigenvalue weighted by molar-refractivity contribution is 9.10. The first-order valence-corrected chi connectivity index (χ1v) is 6.92. The number of aromatic nitrogens is 1. The molecule has 1 heterocycles. The van der Waals surface area contributed by atoms with Crippen molar-refractivity contribution in [1.29, 1.82) is 0 Å². The van der Waals surface area contributed by atoms with Crippen LogP contribution in [0.1, 0.15) is 5.56 Å². The van der Waals surface area contributed by atoms with E-state index in [1.807, 2.05) is 24.4 Å². The molecule has 0 N–H and O–H groups in total.